The first-order valence-corrected chi connectivity index (χ1v) is 9.16. The van der Waals surface area contributed by atoms with E-state index in [1.165, 1.54) is 22.6 Å². The van der Waals surface area contributed by atoms with Crippen molar-refractivity contribution in [2.45, 2.75) is 39.9 Å². The third kappa shape index (κ3) is 4.70. The third-order valence-corrected chi connectivity index (χ3v) is 4.88. The lowest BCUT2D eigenvalue weighted by Crippen LogP contribution is -2.48. The number of rotatable bonds is 7. The average Bonchev–Trinajstić information content (AvgIpc) is 3.27. The molecule has 0 bridgehead atoms. The van der Waals surface area contributed by atoms with E-state index in [1.807, 2.05) is 16.5 Å². The molecule has 1 saturated heterocycles. The van der Waals surface area contributed by atoms with E-state index in [0.29, 0.717) is 26.1 Å². The minimum Gasteiger partial charge on any atom is -0.340 e. The zero-order valence-electron chi connectivity index (χ0n) is 15.7. The SMILES string of the molecule is CCn1cc(CN2CCN(C(=O)CCn3cc([N+](=O)[O-])cn3)CC2)c(C)n1. The Morgan fingerprint density at radius 1 is 1.22 bits per heavy atom. The molecule has 2 aromatic rings. The third-order valence-electron chi connectivity index (χ3n) is 4.88. The summed E-state index contributed by atoms with van der Waals surface area (Å²) in [4.78, 5) is 26.8. The molecule has 146 valence electrons. The summed E-state index contributed by atoms with van der Waals surface area (Å²) in [5.74, 6) is 0.0581. The summed E-state index contributed by atoms with van der Waals surface area (Å²) in [6.07, 6.45) is 4.94. The Kier molecular flexibility index (Phi) is 5.84. The Bertz CT molecular complexity index is 805. The number of piperazine rings is 1. The highest BCUT2D eigenvalue weighted by molar-refractivity contribution is 5.76. The predicted molar refractivity (Wildman–Crippen MR) is 98.0 cm³/mol. The van der Waals surface area contributed by atoms with Gasteiger partial charge in [-0.15, -0.1) is 0 Å². The van der Waals surface area contributed by atoms with Crippen molar-refractivity contribution >= 4 is 11.6 Å². The largest absolute Gasteiger partial charge is 0.340 e. The van der Waals surface area contributed by atoms with E-state index in [1.54, 1.807) is 0 Å². The number of aromatic nitrogens is 4. The molecule has 10 heteroatoms. The van der Waals surface area contributed by atoms with Crippen molar-refractivity contribution < 1.29 is 9.72 Å². The molecule has 1 aliphatic rings. The number of nitro groups is 1. The zero-order chi connectivity index (χ0) is 19.4. The molecular formula is C17H25N7O3. The maximum atomic E-state index is 12.4. The monoisotopic (exact) mass is 375 g/mol. The van der Waals surface area contributed by atoms with Crippen LogP contribution in [-0.2, 0) is 24.4 Å². The Hall–Kier alpha value is -2.75. The summed E-state index contributed by atoms with van der Waals surface area (Å²) in [5.41, 5.74) is 2.23. The van der Waals surface area contributed by atoms with Gasteiger partial charge in [-0.2, -0.15) is 10.2 Å². The van der Waals surface area contributed by atoms with Gasteiger partial charge >= 0.3 is 5.69 Å². The first-order chi connectivity index (χ1) is 13.0. The molecule has 0 unspecified atom stereocenters. The molecule has 0 aliphatic carbocycles. The van der Waals surface area contributed by atoms with Gasteiger partial charge in [-0.1, -0.05) is 0 Å². The number of aryl methyl sites for hydroxylation is 3. The Morgan fingerprint density at radius 2 is 1.96 bits per heavy atom. The van der Waals surface area contributed by atoms with Crippen molar-refractivity contribution in [3.63, 3.8) is 0 Å². The predicted octanol–water partition coefficient (Wildman–Crippen LogP) is 1.05. The van der Waals surface area contributed by atoms with E-state index in [2.05, 4.69) is 28.2 Å². The number of nitrogens with zero attached hydrogens (tertiary/aromatic N) is 7. The number of hydrogen-bond donors (Lipinski definition) is 0. The van der Waals surface area contributed by atoms with Gasteiger partial charge in [0.15, 0.2) is 0 Å². The normalized spacial score (nSPS) is 15.3. The lowest BCUT2D eigenvalue weighted by atomic mass is 10.2. The number of amides is 1. The molecule has 10 nitrogen and oxygen atoms in total. The summed E-state index contributed by atoms with van der Waals surface area (Å²) >= 11 is 0. The highest BCUT2D eigenvalue weighted by Crippen LogP contribution is 2.13. The Balaban J connectivity index is 1.44. The van der Waals surface area contributed by atoms with Gasteiger partial charge in [-0.25, -0.2) is 0 Å². The fraction of sp³-hybridized carbons (Fsp3) is 0.588. The van der Waals surface area contributed by atoms with Crippen molar-refractivity contribution in [1.82, 2.24) is 29.4 Å². The van der Waals surface area contributed by atoms with E-state index in [4.69, 9.17) is 0 Å². The molecule has 0 spiro atoms. The van der Waals surface area contributed by atoms with Crippen LogP contribution in [0, 0.1) is 17.0 Å². The van der Waals surface area contributed by atoms with Gasteiger partial charge in [0.1, 0.15) is 12.4 Å². The second kappa shape index (κ2) is 8.30. The van der Waals surface area contributed by atoms with Crippen LogP contribution in [-0.4, -0.2) is 66.4 Å². The summed E-state index contributed by atoms with van der Waals surface area (Å²) < 4.78 is 3.39. The van der Waals surface area contributed by atoms with Crippen molar-refractivity contribution in [3.05, 3.63) is 40.0 Å². The van der Waals surface area contributed by atoms with E-state index >= 15 is 0 Å². The molecule has 0 radical (unpaired) electrons. The molecule has 3 heterocycles. The molecule has 0 saturated carbocycles. The summed E-state index contributed by atoms with van der Waals surface area (Å²) in [5, 5.41) is 19.1. The minimum absolute atomic E-state index is 0.0576. The highest BCUT2D eigenvalue weighted by atomic mass is 16.6. The maximum absolute atomic E-state index is 12.4. The van der Waals surface area contributed by atoms with Crippen LogP contribution in [0.2, 0.25) is 0 Å². The molecule has 27 heavy (non-hydrogen) atoms. The number of hydrogen-bond acceptors (Lipinski definition) is 6. The Labute approximate surface area is 157 Å². The van der Waals surface area contributed by atoms with Crippen LogP contribution in [0.5, 0.6) is 0 Å². The summed E-state index contributed by atoms with van der Waals surface area (Å²) in [6, 6.07) is 0. The molecule has 0 atom stereocenters. The molecule has 0 N–H and O–H groups in total. The highest BCUT2D eigenvalue weighted by Gasteiger charge is 2.22. The van der Waals surface area contributed by atoms with Gasteiger partial charge in [-0.05, 0) is 13.8 Å². The molecule has 3 rings (SSSR count). The lowest BCUT2D eigenvalue weighted by molar-refractivity contribution is -0.385. The van der Waals surface area contributed by atoms with E-state index in [9.17, 15) is 14.9 Å². The van der Waals surface area contributed by atoms with Crippen LogP contribution in [0.15, 0.2) is 18.6 Å². The molecule has 0 aromatic carbocycles. The minimum atomic E-state index is -0.490. The van der Waals surface area contributed by atoms with Crippen molar-refractivity contribution in [1.29, 1.82) is 0 Å². The van der Waals surface area contributed by atoms with Crippen LogP contribution in [0.3, 0.4) is 0 Å². The molecule has 1 aliphatic heterocycles. The van der Waals surface area contributed by atoms with Gasteiger partial charge in [0.2, 0.25) is 5.91 Å². The fourth-order valence-electron chi connectivity index (χ4n) is 3.21. The van der Waals surface area contributed by atoms with E-state index in [-0.39, 0.29) is 11.6 Å². The van der Waals surface area contributed by atoms with E-state index in [0.717, 1.165) is 31.9 Å². The van der Waals surface area contributed by atoms with Crippen LogP contribution in [0.25, 0.3) is 0 Å². The summed E-state index contributed by atoms with van der Waals surface area (Å²) in [6.45, 7) is 9.21. The Morgan fingerprint density at radius 3 is 2.56 bits per heavy atom. The van der Waals surface area contributed by atoms with Crippen LogP contribution in [0.1, 0.15) is 24.6 Å². The van der Waals surface area contributed by atoms with E-state index < -0.39 is 4.92 Å². The van der Waals surface area contributed by atoms with Crippen LogP contribution < -0.4 is 0 Å². The first-order valence-electron chi connectivity index (χ1n) is 9.16. The fourth-order valence-corrected chi connectivity index (χ4v) is 3.21. The smallest absolute Gasteiger partial charge is 0.306 e. The molecular weight excluding hydrogens is 350 g/mol. The lowest BCUT2D eigenvalue weighted by Gasteiger charge is -2.34. The standard InChI is InChI=1S/C17H25N7O3/c1-3-22-12-15(14(2)19-22)11-20-6-8-21(9-7-20)17(25)4-5-23-13-16(10-18-23)24(26)27/h10,12-13H,3-9,11H2,1-2H3. The topological polar surface area (TPSA) is 102 Å². The quantitative estimate of drug-likeness (QED) is 0.529. The summed E-state index contributed by atoms with van der Waals surface area (Å²) in [7, 11) is 0. The number of carbonyl (C=O) groups is 1. The molecule has 1 fully saturated rings. The van der Waals surface area contributed by atoms with Crippen LogP contribution in [0.4, 0.5) is 5.69 Å². The van der Waals surface area contributed by atoms with Crippen molar-refractivity contribution in [2.75, 3.05) is 26.2 Å². The first kappa shape index (κ1) is 19.0. The van der Waals surface area contributed by atoms with Crippen LogP contribution >= 0.6 is 0 Å². The van der Waals surface area contributed by atoms with Gasteiger partial charge in [0.05, 0.1) is 10.6 Å². The second-order valence-corrected chi connectivity index (χ2v) is 6.72. The van der Waals surface area contributed by atoms with Gasteiger partial charge in [0, 0.05) is 64.0 Å². The molecule has 2 aromatic heterocycles. The van der Waals surface area contributed by atoms with Crippen molar-refractivity contribution in [2.24, 2.45) is 0 Å². The van der Waals surface area contributed by atoms with Gasteiger partial charge in [-0.3, -0.25) is 29.2 Å². The zero-order valence-corrected chi connectivity index (χ0v) is 15.7. The maximum Gasteiger partial charge on any atom is 0.306 e. The van der Waals surface area contributed by atoms with Crippen molar-refractivity contribution in [3.8, 4) is 0 Å². The van der Waals surface area contributed by atoms with Gasteiger partial charge < -0.3 is 4.90 Å². The number of carbonyl (C=O) groups excluding carboxylic acids is 1. The second-order valence-electron chi connectivity index (χ2n) is 6.72. The van der Waals surface area contributed by atoms with Gasteiger partial charge in [0.25, 0.3) is 0 Å². The molecule has 1 amide bonds. The average molecular weight is 375 g/mol.